The first kappa shape index (κ1) is 14.3. The minimum atomic E-state index is -0.0888. The van der Waals surface area contributed by atoms with E-state index in [1.165, 1.54) is 12.5 Å². The van der Waals surface area contributed by atoms with Crippen molar-refractivity contribution in [1.29, 1.82) is 0 Å². The fourth-order valence-electron chi connectivity index (χ4n) is 2.59. The Morgan fingerprint density at radius 3 is 2.73 bits per heavy atom. The topological polar surface area (TPSA) is 62.3 Å². The Morgan fingerprint density at radius 2 is 2.00 bits per heavy atom. The molecule has 0 fully saturated rings. The summed E-state index contributed by atoms with van der Waals surface area (Å²) in [5, 5.41) is 2.85. The number of carbonyl (C=O) groups excluding carboxylic acids is 2. The van der Waals surface area contributed by atoms with Crippen LogP contribution in [0.4, 0.5) is 11.5 Å². The number of hydrogen-bond acceptors (Lipinski definition) is 4. The molecule has 0 radical (unpaired) electrons. The summed E-state index contributed by atoms with van der Waals surface area (Å²) in [6, 6.07) is 10.9. The molecular formula is C17H17N3O2. The number of nitrogens with one attached hydrogen (secondary N) is 1. The molecule has 22 heavy (non-hydrogen) atoms. The van der Waals surface area contributed by atoms with Gasteiger partial charge in [-0.05, 0) is 49.2 Å². The Hall–Kier alpha value is -2.69. The molecule has 3 rings (SSSR count). The van der Waals surface area contributed by atoms with E-state index in [4.69, 9.17) is 0 Å². The summed E-state index contributed by atoms with van der Waals surface area (Å²) in [6.45, 7) is 2.60. The first-order valence-corrected chi connectivity index (χ1v) is 7.23. The summed E-state index contributed by atoms with van der Waals surface area (Å²) >= 11 is 0. The average Bonchev–Trinajstić information content (AvgIpc) is 2.91. The van der Waals surface area contributed by atoms with Gasteiger partial charge in [-0.2, -0.15) is 0 Å². The molecule has 0 saturated heterocycles. The third-order valence-electron chi connectivity index (χ3n) is 3.73. The van der Waals surface area contributed by atoms with Gasteiger partial charge in [0.2, 0.25) is 5.91 Å². The van der Waals surface area contributed by atoms with Crippen molar-refractivity contribution in [1.82, 2.24) is 4.98 Å². The van der Waals surface area contributed by atoms with Gasteiger partial charge in [0.15, 0.2) is 5.78 Å². The lowest BCUT2D eigenvalue weighted by Gasteiger charge is -2.17. The minimum Gasteiger partial charge on any atom is -0.347 e. The van der Waals surface area contributed by atoms with Crippen LogP contribution in [0.3, 0.4) is 0 Å². The van der Waals surface area contributed by atoms with Crippen molar-refractivity contribution < 1.29 is 9.59 Å². The Labute approximate surface area is 129 Å². The molecule has 0 spiro atoms. The first-order valence-electron chi connectivity index (χ1n) is 7.23. The average molecular weight is 295 g/mol. The molecule has 0 bridgehead atoms. The Morgan fingerprint density at radius 1 is 1.23 bits per heavy atom. The van der Waals surface area contributed by atoms with E-state index in [1.807, 2.05) is 17.0 Å². The number of Topliss-reactive ketones (excluding diaryl/α,β-unsaturated/α-hetero) is 1. The van der Waals surface area contributed by atoms with Crippen LogP contribution in [0.1, 0.15) is 22.8 Å². The van der Waals surface area contributed by atoms with E-state index in [0.717, 1.165) is 18.8 Å². The summed E-state index contributed by atoms with van der Waals surface area (Å²) < 4.78 is 0. The van der Waals surface area contributed by atoms with Gasteiger partial charge in [0.1, 0.15) is 5.82 Å². The molecule has 1 aliphatic heterocycles. The quantitative estimate of drug-likeness (QED) is 0.879. The van der Waals surface area contributed by atoms with E-state index in [0.29, 0.717) is 11.3 Å². The normalized spacial score (nSPS) is 12.9. The number of anilines is 2. The molecule has 1 N–H and O–H groups in total. The fraction of sp³-hybridized carbons (Fsp3) is 0.235. The minimum absolute atomic E-state index is 0.0117. The van der Waals surface area contributed by atoms with Gasteiger partial charge >= 0.3 is 0 Å². The van der Waals surface area contributed by atoms with Crippen LogP contribution in [0.2, 0.25) is 0 Å². The number of benzene rings is 1. The van der Waals surface area contributed by atoms with Crippen LogP contribution < -0.4 is 10.2 Å². The molecule has 1 aromatic heterocycles. The summed E-state index contributed by atoms with van der Waals surface area (Å²) in [7, 11) is 0. The summed E-state index contributed by atoms with van der Waals surface area (Å²) in [4.78, 5) is 29.7. The zero-order chi connectivity index (χ0) is 15.5. The number of amides is 1. The van der Waals surface area contributed by atoms with Gasteiger partial charge in [0.25, 0.3) is 0 Å². The fourth-order valence-corrected chi connectivity index (χ4v) is 2.59. The van der Waals surface area contributed by atoms with Crippen LogP contribution in [0.15, 0.2) is 42.6 Å². The van der Waals surface area contributed by atoms with Crippen LogP contribution in [0, 0.1) is 0 Å². The molecular weight excluding hydrogens is 278 g/mol. The highest BCUT2D eigenvalue weighted by Crippen LogP contribution is 2.24. The number of fused-ring (bicyclic) bond motifs is 1. The van der Waals surface area contributed by atoms with E-state index in [-0.39, 0.29) is 18.2 Å². The number of pyridine rings is 1. The molecule has 0 unspecified atom stereocenters. The lowest BCUT2D eigenvalue weighted by Crippen LogP contribution is -2.32. The van der Waals surface area contributed by atoms with Crippen molar-refractivity contribution in [3.05, 3.63) is 53.7 Å². The standard InChI is InChI=1S/C17H17N3O2/c1-12(21)13-4-6-15(7-5-13)19-16(22)11-20-10-8-14-3-2-9-18-17(14)20/h2-7,9H,8,10-11H2,1H3,(H,19,22). The molecule has 1 amide bonds. The summed E-state index contributed by atoms with van der Waals surface area (Å²) in [5.41, 5.74) is 2.51. The highest BCUT2D eigenvalue weighted by molar-refractivity contribution is 5.96. The van der Waals surface area contributed by atoms with Gasteiger partial charge in [-0.3, -0.25) is 9.59 Å². The van der Waals surface area contributed by atoms with Crippen molar-refractivity contribution in [2.75, 3.05) is 23.3 Å². The smallest absolute Gasteiger partial charge is 0.243 e. The van der Waals surface area contributed by atoms with Crippen LogP contribution in [-0.2, 0) is 11.2 Å². The third-order valence-corrected chi connectivity index (χ3v) is 3.73. The van der Waals surface area contributed by atoms with Crippen molar-refractivity contribution in [2.45, 2.75) is 13.3 Å². The first-order chi connectivity index (χ1) is 10.6. The third kappa shape index (κ3) is 2.98. The summed E-state index contributed by atoms with van der Waals surface area (Å²) in [5.74, 6) is 0.816. The van der Waals surface area contributed by atoms with E-state index in [9.17, 15) is 9.59 Å². The van der Waals surface area contributed by atoms with Gasteiger partial charge in [0, 0.05) is 24.0 Å². The van der Waals surface area contributed by atoms with Crippen molar-refractivity contribution in [2.24, 2.45) is 0 Å². The molecule has 0 atom stereocenters. The van der Waals surface area contributed by atoms with Crippen LogP contribution >= 0.6 is 0 Å². The molecule has 112 valence electrons. The lowest BCUT2D eigenvalue weighted by atomic mass is 10.1. The molecule has 5 heteroatoms. The molecule has 2 aromatic rings. The van der Waals surface area contributed by atoms with Crippen molar-refractivity contribution in [3.63, 3.8) is 0 Å². The molecule has 5 nitrogen and oxygen atoms in total. The van der Waals surface area contributed by atoms with Gasteiger partial charge in [-0.25, -0.2) is 4.98 Å². The van der Waals surface area contributed by atoms with Gasteiger partial charge < -0.3 is 10.2 Å². The number of rotatable bonds is 4. The molecule has 1 aromatic carbocycles. The zero-order valence-electron chi connectivity index (χ0n) is 12.4. The second-order valence-corrected chi connectivity index (χ2v) is 5.34. The molecule has 2 heterocycles. The van der Waals surface area contributed by atoms with Crippen molar-refractivity contribution in [3.8, 4) is 0 Å². The number of carbonyl (C=O) groups is 2. The Bertz CT molecular complexity index is 710. The second-order valence-electron chi connectivity index (χ2n) is 5.34. The SMILES string of the molecule is CC(=O)c1ccc(NC(=O)CN2CCc3cccnc32)cc1. The van der Waals surface area contributed by atoms with E-state index >= 15 is 0 Å². The van der Waals surface area contributed by atoms with Gasteiger partial charge in [-0.15, -0.1) is 0 Å². The lowest BCUT2D eigenvalue weighted by molar-refractivity contribution is -0.115. The number of aromatic nitrogens is 1. The van der Waals surface area contributed by atoms with E-state index in [1.54, 1.807) is 30.5 Å². The van der Waals surface area contributed by atoms with E-state index in [2.05, 4.69) is 10.3 Å². The molecule has 0 saturated carbocycles. The molecule has 0 aliphatic carbocycles. The second kappa shape index (κ2) is 5.97. The number of hydrogen-bond donors (Lipinski definition) is 1. The predicted octanol–water partition coefficient (Wildman–Crippen LogP) is 2.29. The predicted molar refractivity (Wildman–Crippen MR) is 85.2 cm³/mol. The van der Waals surface area contributed by atoms with E-state index < -0.39 is 0 Å². The highest BCUT2D eigenvalue weighted by Gasteiger charge is 2.21. The van der Waals surface area contributed by atoms with Crippen LogP contribution in [-0.4, -0.2) is 29.8 Å². The number of ketones is 1. The van der Waals surface area contributed by atoms with Gasteiger partial charge in [-0.1, -0.05) is 6.07 Å². The molecule has 1 aliphatic rings. The largest absolute Gasteiger partial charge is 0.347 e. The number of nitrogens with zero attached hydrogens (tertiary/aromatic N) is 2. The maximum absolute atomic E-state index is 12.1. The zero-order valence-corrected chi connectivity index (χ0v) is 12.4. The Balaban J connectivity index is 1.62. The maximum atomic E-state index is 12.1. The highest BCUT2D eigenvalue weighted by atomic mass is 16.2. The Kier molecular flexibility index (Phi) is 3.87. The van der Waals surface area contributed by atoms with Crippen LogP contribution in [0.25, 0.3) is 0 Å². The monoisotopic (exact) mass is 295 g/mol. The van der Waals surface area contributed by atoms with Gasteiger partial charge in [0.05, 0.1) is 6.54 Å². The van der Waals surface area contributed by atoms with Crippen LogP contribution in [0.5, 0.6) is 0 Å². The summed E-state index contributed by atoms with van der Waals surface area (Å²) in [6.07, 6.45) is 2.67. The van der Waals surface area contributed by atoms with Crippen molar-refractivity contribution >= 4 is 23.2 Å². The maximum Gasteiger partial charge on any atom is 0.243 e.